The van der Waals surface area contributed by atoms with Crippen molar-refractivity contribution >= 4 is 5.84 Å². The van der Waals surface area contributed by atoms with Crippen molar-refractivity contribution in [2.75, 3.05) is 27.3 Å². The highest BCUT2D eigenvalue weighted by atomic mass is 16.5. The van der Waals surface area contributed by atoms with Gasteiger partial charge in [-0.1, -0.05) is 0 Å². The fraction of sp³-hybridized carbons (Fsp3) is 0.909. The van der Waals surface area contributed by atoms with Crippen LogP contribution in [0.2, 0.25) is 0 Å². The summed E-state index contributed by atoms with van der Waals surface area (Å²) < 4.78 is 5.13. The van der Waals surface area contributed by atoms with Crippen LogP contribution in [0, 0.1) is 10.8 Å². The molecule has 4 heteroatoms. The van der Waals surface area contributed by atoms with E-state index in [9.17, 15) is 0 Å². The highest BCUT2D eigenvalue weighted by molar-refractivity contribution is 5.78. The molecule has 88 valence electrons. The van der Waals surface area contributed by atoms with Gasteiger partial charge in [0.05, 0.1) is 12.4 Å². The summed E-state index contributed by atoms with van der Waals surface area (Å²) in [5, 5.41) is 7.36. The summed E-state index contributed by atoms with van der Waals surface area (Å²) in [6.07, 6.45) is 3.16. The maximum atomic E-state index is 7.36. The third-order valence-electron chi connectivity index (χ3n) is 3.27. The van der Waals surface area contributed by atoms with Gasteiger partial charge in [0.25, 0.3) is 0 Å². The molecule has 0 spiro atoms. The number of ether oxygens (including phenoxy) is 1. The van der Waals surface area contributed by atoms with Gasteiger partial charge in [-0.2, -0.15) is 0 Å². The van der Waals surface area contributed by atoms with Gasteiger partial charge in [0.2, 0.25) is 0 Å². The predicted molar refractivity (Wildman–Crippen MR) is 62.2 cm³/mol. The Labute approximate surface area is 92.3 Å². The standard InChI is InChI=1S/C11H23N3O/c1-9(7-15-3)14(2)8-11(4-5-11)6-10(12)13/h9H,4-8H2,1-3H3,(H3,12,13). The lowest BCUT2D eigenvalue weighted by Gasteiger charge is -2.28. The lowest BCUT2D eigenvalue weighted by atomic mass is 10.0. The molecule has 1 aliphatic rings. The predicted octanol–water partition coefficient (Wildman–Crippen LogP) is 1.06. The van der Waals surface area contributed by atoms with Crippen LogP contribution in [0.15, 0.2) is 0 Å². The Morgan fingerprint density at radius 1 is 1.60 bits per heavy atom. The van der Waals surface area contributed by atoms with Gasteiger partial charge in [-0.05, 0) is 32.2 Å². The molecule has 15 heavy (non-hydrogen) atoms. The SMILES string of the molecule is COCC(C)N(C)CC1(CC(=N)N)CC1. The Bertz CT molecular complexity index is 226. The van der Waals surface area contributed by atoms with E-state index in [4.69, 9.17) is 15.9 Å². The Morgan fingerprint density at radius 2 is 2.20 bits per heavy atom. The first-order chi connectivity index (χ1) is 6.99. The molecule has 3 N–H and O–H groups in total. The number of amidine groups is 1. The molecule has 0 saturated heterocycles. The molecule has 1 unspecified atom stereocenters. The number of nitrogens with one attached hydrogen (secondary N) is 1. The Hall–Kier alpha value is -0.610. The molecule has 0 radical (unpaired) electrons. The second-order valence-electron chi connectivity index (χ2n) is 4.92. The monoisotopic (exact) mass is 213 g/mol. The lowest BCUT2D eigenvalue weighted by Crippen LogP contribution is -2.38. The van der Waals surface area contributed by atoms with Crippen LogP contribution in [-0.2, 0) is 4.74 Å². The minimum Gasteiger partial charge on any atom is -0.388 e. The topological polar surface area (TPSA) is 62.3 Å². The molecule has 1 aliphatic carbocycles. The molecular weight excluding hydrogens is 190 g/mol. The van der Waals surface area contributed by atoms with Crippen molar-refractivity contribution in [3.63, 3.8) is 0 Å². The summed E-state index contributed by atoms with van der Waals surface area (Å²) in [6, 6.07) is 0.430. The first kappa shape index (κ1) is 12.5. The molecule has 1 saturated carbocycles. The lowest BCUT2D eigenvalue weighted by molar-refractivity contribution is 0.103. The van der Waals surface area contributed by atoms with Crippen molar-refractivity contribution in [3.05, 3.63) is 0 Å². The van der Waals surface area contributed by atoms with Crippen LogP contribution in [0.3, 0.4) is 0 Å². The largest absolute Gasteiger partial charge is 0.388 e. The molecule has 4 nitrogen and oxygen atoms in total. The van der Waals surface area contributed by atoms with E-state index in [1.165, 1.54) is 12.8 Å². The van der Waals surface area contributed by atoms with Crippen molar-refractivity contribution < 1.29 is 4.74 Å². The highest BCUT2D eigenvalue weighted by Crippen LogP contribution is 2.49. The molecule has 0 aromatic heterocycles. The second kappa shape index (κ2) is 4.94. The summed E-state index contributed by atoms with van der Waals surface area (Å²) in [4.78, 5) is 2.30. The minimum atomic E-state index is 0.294. The van der Waals surface area contributed by atoms with Crippen molar-refractivity contribution in [1.82, 2.24) is 4.90 Å². The van der Waals surface area contributed by atoms with Crippen molar-refractivity contribution in [2.45, 2.75) is 32.2 Å². The van der Waals surface area contributed by atoms with Gasteiger partial charge < -0.3 is 15.4 Å². The summed E-state index contributed by atoms with van der Waals surface area (Å²) in [7, 11) is 3.84. The second-order valence-corrected chi connectivity index (χ2v) is 4.92. The van der Waals surface area contributed by atoms with Crippen LogP contribution in [0.5, 0.6) is 0 Å². The van der Waals surface area contributed by atoms with Gasteiger partial charge in [0.1, 0.15) is 0 Å². The summed E-state index contributed by atoms with van der Waals surface area (Å²) in [5.41, 5.74) is 5.76. The fourth-order valence-corrected chi connectivity index (χ4v) is 2.02. The fourth-order valence-electron chi connectivity index (χ4n) is 2.02. The Morgan fingerprint density at radius 3 is 2.60 bits per heavy atom. The van der Waals surface area contributed by atoms with Crippen LogP contribution < -0.4 is 5.73 Å². The average Bonchev–Trinajstić information content (AvgIpc) is 2.83. The molecule has 1 atom stereocenters. The minimum absolute atomic E-state index is 0.294. The number of nitrogens with zero attached hydrogens (tertiary/aromatic N) is 1. The number of likely N-dealkylation sites (N-methyl/N-ethyl adjacent to an activating group) is 1. The number of rotatable bonds is 7. The van der Waals surface area contributed by atoms with E-state index in [1.807, 2.05) is 0 Å². The van der Waals surface area contributed by atoms with E-state index < -0.39 is 0 Å². The molecule has 0 bridgehead atoms. The smallest absolute Gasteiger partial charge is 0.0911 e. The van der Waals surface area contributed by atoms with E-state index in [0.29, 0.717) is 17.3 Å². The van der Waals surface area contributed by atoms with Gasteiger partial charge in [-0.3, -0.25) is 5.41 Å². The molecule has 0 aliphatic heterocycles. The van der Waals surface area contributed by atoms with Crippen LogP contribution in [-0.4, -0.2) is 44.1 Å². The highest BCUT2D eigenvalue weighted by Gasteiger charge is 2.44. The number of nitrogens with two attached hydrogens (primary N) is 1. The molecule has 0 amide bonds. The van der Waals surface area contributed by atoms with Crippen molar-refractivity contribution in [1.29, 1.82) is 5.41 Å². The normalized spacial score (nSPS) is 20.3. The maximum Gasteiger partial charge on any atom is 0.0911 e. The van der Waals surface area contributed by atoms with Gasteiger partial charge in [0, 0.05) is 26.1 Å². The first-order valence-electron chi connectivity index (χ1n) is 5.51. The molecule has 0 aromatic carbocycles. The van der Waals surface area contributed by atoms with Gasteiger partial charge in [-0.15, -0.1) is 0 Å². The van der Waals surface area contributed by atoms with Gasteiger partial charge in [-0.25, -0.2) is 0 Å². The first-order valence-corrected chi connectivity index (χ1v) is 5.51. The maximum absolute atomic E-state index is 7.36. The molecular formula is C11H23N3O. The molecule has 1 rings (SSSR count). The van der Waals surface area contributed by atoms with Gasteiger partial charge in [0.15, 0.2) is 0 Å². The Kier molecular flexibility index (Phi) is 4.11. The quantitative estimate of drug-likeness (QED) is 0.491. The van der Waals surface area contributed by atoms with Crippen LogP contribution in [0.4, 0.5) is 0 Å². The zero-order valence-electron chi connectivity index (χ0n) is 10.0. The molecule has 0 aromatic rings. The third kappa shape index (κ3) is 3.80. The summed E-state index contributed by atoms with van der Waals surface area (Å²) in [5.74, 6) is 0.320. The van der Waals surface area contributed by atoms with Crippen molar-refractivity contribution in [2.24, 2.45) is 11.1 Å². The number of methoxy groups -OCH3 is 1. The zero-order valence-corrected chi connectivity index (χ0v) is 10.0. The molecule has 1 fully saturated rings. The van der Waals surface area contributed by atoms with Crippen LogP contribution in [0.1, 0.15) is 26.2 Å². The van der Waals surface area contributed by atoms with E-state index in [-0.39, 0.29) is 0 Å². The summed E-state index contributed by atoms with van der Waals surface area (Å²) >= 11 is 0. The van der Waals surface area contributed by atoms with E-state index >= 15 is 0 Å². The van der Waals surface area contributed by atoms with Crippen molar-refractivity contribution in [3.8, 4) is 0 Å². The average molecular weight is 213 g/mol. The number of hydrogen-bond donors (Lipinski definition) is 2. The summed E-state index contributed by atoms with van der Waals surface area (Å²) in [6.45, 7) is 3.94. The van der Waals surface area contributed by atoms with E-state index in [1.54, 1.807) is 7.11 Å². The third-order valence-corrected chi connectivity index (χ3v) is 3.27. The Balaban J connectivity index is 2.36. The van der Waals surface area contributed by atoms with Gasteiger partial charge >= 0.3 is 0 Å². The van der Waals surface area contributed by atoms with Crippen LogP contribution >= 0.6 is 0 Å². The molecule has 0 heterocycles. The number of hydrogen-bond acceptors (Lipinski definition) is 3. The van der Waals surface area contributed by atoms with E-state index in [0.717, 1.165) is 19.6 Å². The zero-order chi connectivity index (χ0) is 11.5. The van der Waals surface area contributed by atoms with Crippen LogP contribution in [0.25, 0.3) is 0 Å². The van der Waals surface area contributed by atoms with E-state index in [2.05, 4.69) is 18.9 Å².